The van der Waals surface area contributed by atoms with Crippen LogP contribution in [0.2, 0.25) is 0 Å². The van der Waals surface area contributed by atoms with Crippen molar-refractivity contribution in [2.24, 2.45) is 4.99 Å². The molecule has 2 N–H and O–H groups in total. The first-order valence-electron chi connectivity index (χ1n) is 8.57. The smallest absolute Gasteiger partial charge is 0.191 e. The van der Waals surface area contributed by atoms with E-state index in [0.717, 1.165) is 42.6 Å². The van der Waals surface area contributed by atoms with E-state index in [1.807, 2.05) is 13.8 Å². The summed E-state index contributed by atoms with van der Waals surface area (Å²) in [6.07, 6.45) is 0. The Morgan fingerprint density at radius 2 is 2.04 bits per heavy atom. The number of hydrogen-bond acceptors (Lipinski definition) is 5. The zero-order valence-electron chi connectivity index (χ0n) is 14.4. The van der Waals surface area contributed by atoms with Crippen molar-refractivity contribution in [3.63, 3.8) is 0 Å². The largest absolute Gasteiger partial charge is 0.361 e. The molecule has 1 aromatic rings. The fraction of sp³-hybridized carbons (Fsp3) is 0.750. The van der Waals surface area contributed by atoms with Gasteiger partial charge in [-0.25, -0.2) is 4.99 Å². The third-order valence-corrected chi connectivity index (χ3v) is 4.82. The molecule has 1 atom stereocenters. The molecule has 128 valence electrons. The van der Waals surface area contributed by atoms with E-state index >= 15 is 0 Å². The molecule has 3 aliphatic heterocycles. The van der Waals surface area contributed by atoms with Crippen LogP contribution in [0.3, 0.4) is 0 Å². The minimum absolute atomic E-state index is 0.584. The van der Waals surface area contributed by atoms with Crippen LogP contribution in [0.15, 0.2) is 9.52 Å². The molecule has 7 nitrogen and oxygen atoms in total. The highest BCUT2D eigenvalue weighted by Crippen LogP contribution is 2.15. The number of piperazine rings is 3. The van der Waals surface area contributed by atoms with Crippen molar-refractivity contribution in [2.45, 2.75) is 33.4 Å². The summed E-state index contributed by atoms with van der Waals surface area (Å²) < 4.78 is 5.20. The summed E-state index contributed by atoms with van der Waals surface area (Å²) in [6, 6.07) is 0.584. The Balaban J connectivity index is 1.57. The van der Waals surface area contributed by atoms with E-state index in [1.54, 1.807) is 0 Å². The first-order chi connectivity index (χ1) is 11.2. The number of guanidine groups is 1. The van der Waals surface area contributed by atoms with Gasteiger partial charge in [-0.15, -0.1) is 0 Å². The maximum atomic E-state index is 5.20. The molecule has 3 fully saturated rings. The minimum Gasteiger partial charge on any atom is -0.361 e. The third-order valence-electron chi connectivity index (χ3n) is 4.82. The normalized spacial score (nSPS) is 27.3. The topological polar surface area (TPSA) is 68.9 Å². The second kappa shape index (κ2) is 7.31. The van der Waals surface area contributed by atoms with Gasteiger partial charge in [-0.3, -0.25) is 9.80 Å². The lowest BCUT2D eigenvalue weighted by Crippen LogP contribution is -2.63. The lowest BCUT2D eigenvalue weighted by Gasteiger charge is -2.47. The first-order valence-corrected chi connectivity index (χ1v) is 8.57. The van der Waals surface area contributed by atoms with Crippen molar-refractivity contribution < 1.29 is 4.52 Å². The van der Waals surface area contributed by atoms with Crippen LogP contribution in [0.5, 0.6) is 0 Å². The number of nitrogens with zero attached hydrogens (tertiary/aromatic N) is 4. The average molecular weight is 320 g/mol. The fourth-order valence-electron chi connectivity index (χ4n) is 3.36. The molecule has 0 aromatic carbocycles. The molecule has 0 saturated carbocycles. The molecular formula is C16H28N6O. The van der Waals surface area contributed by atoms with Gasteiger partial charge >= 0.3 is 0 Å². The molecule has 4 heterocycles. The van der Waals surface area contributed by atoms with Gasteiger partial charge in [0.05, 0.1) is 12.2 Å². The lowest BCUT2D eigenvalue weighted by molar-refractivity contribution is 0.0154. The van der Waals surface area contributed by atoms with Crippen molar-refractivity contribution in [1.29, 1.82) is 0 Å². The second-order valence-corrected chi connectivity index (χ2v) is 6.37. The molecule has 0 aliphatic carbocycles. The highest BCUT2D eigenvalue weighted by Gasteiger charge is 2.31. The van der Waals surface area contributed by atoms with Gasteiger partial charge in [0, 0.05) is 57.4 Å². The predicted molar refractivity (Wildman–Crippen MR) is 90.6 cm³/mol. The fourth-order valence-corrected chi connectivity index (χ4v) is 3.36. The lowest BCUT2D eigenvalue weighted by atomic mass is 10.1. The van der Waals surface area contributed by atoms with Crippen LogP contribution >= 0.6 is 0 Å². The van der Waals surface area contributed by atoms with Crippen molar-refractivity contribution >= 4 is 5.96 Å². The maximum absolute atomic E-state index is 5.20. The molecule has 4 rings (SSSR count). The van der Waals surface area contributed by atoms with Crippen LogP contribution in [0.4, 0.5) is 0 Å². The summed E-state index contributed by atoms with van der Waals surface area (Å²) in [4.78, 5) is 9.83. The summed E-state index contributed by atoms with van der Waals surface area (Å²) in [5, 5.41) is 10.8. The van der Waals surface area contributed by atoms with E-state index in [9.17, 15) is 0 Å². The molecule has 0 radical (unpaired) electrons. The Labute approximate surface area is 138 Å². The van der Waals surface area contributed by atoms with Crippen molar-refractivity contribution in [3.8, 4) is 0 Å². The Morgan fingerprint density at radius 1 is 1.26 bits per heavy atom. The Bertz CT molecular complexity index is 527. The van der Waals surface area contributed by atoms with Gasteiger partial charge in [0.25, 0.3) is 0 Å². The van der Waals surface area contributed by atoms with E-state index in [1.165, 1.54) is 26.2 Å². The van der Waals surface area contributed by atoms with Gasteiger partial charge in [0.2, 0.25) is 0 Å². The maximum Gasteiger partial charge on any atom is 0.191 e. The quantitative estimate of drug-likeness (QED) is 0.603. The SMILES string of the molecule is CCNC(=NCc1c(C)noc1C)NCC1CN2CCN1CC2. The highest BCUT2D eigenvalue weighted by molar-refractivity contribution is 5.79. The van der Waals surface area contributed by atoms with Gasteiger partial charge in [-0.1, -0.05) is 5.16 Å². The number of nitrogens with one attached hydrogen (secondary N) is 2. The molecule has 0 spiro atoms. The third kappa shape index (κ3) is 3.84. The van der Waals surface area contributed by atoms with Crippen LogP contribution in [0.1, 0.15) is 23.9 Å². The molecule has 1 unspecified atom stereocenters. The van der Waals surface area contributed by atoms with Gasteiger partial charge in [-0.2, -0.15) is 0 Å². The van der Waals surface area contributed by atoms with Crippen molar-refractivity contribution in [2.75, 3.05) is 45.8 Å². The number of hydrogen-bond donors (Lipinski definition) is 2. The van der Waals surface area contributed by atoms with Crippen molar-refractivity contribution in [3.05, 3.63) is 17.0 Å². The Kier molecular flexibility index (Phi) is 5.17. The van der Waals surface area contributed by atoms with Crippen LogP contribution < -0.4 is 10.6 Å². The number of fused-ring (bicyclic) bond motifs is 3. The number of aryl methyl sites for hydroxylation is 2. The first kappa shape index (κ1) is 16.3. The van der Waals surface area contributed by atoms with Crippen LogP contribution in [-0.4, -0.2) is 72.8 Å². The minimum atomic E-state index is 0.584. The van der Waals surface area contributed by atoms with E-state index in [2.05, 4.69) is 37.5 Å². The molecule has 23 heavy (non-hydrogen) atoms. The number of rotatable bonds is 5. The van der Waals surface area contributed by atoms with Crippen LogP contribution in [0, 0.1) is 13.8 Å². The van der Waals surface area contributed by atoms with Gasteiger partial charge in [0.1, 0.15) is 5.76 Å². The summed E-state index contributed by atoms with van der Waals surface area (Å²) in [6.45, 7) is 14.4. The van der Waals surface area contributed by atoms with Crippen molar-refractivity contribution in [1.82, 2.24) is 25.6 Å². The zero-order valence-corrected chi connectivity index (χ0v) is 14.4. The predicted octanol–water partition coefficient (Wildman–Crippen LogP) is 0.346. The summed E-state index contributed by atoms with van der Waals surface area (Å²) in [7, 11) is 0. The summed E-state index contributed by atoms with van der Waals surface area (Å²) in [5.74, 6) is 1.72. The monoisotopic (exact) mass is 320 g/mol. The molecular weight excluding hydrogens is 292 g/mol. The van der Waals surface area contributed by atoms with Gasteiger partial charge in [-0.05, 0) is 20.8 Å². The zero-order chi connectivity index (χ0) is 16.2. The van der Waals surface area contributed by atoms with E-state index in [0.29, 0.717) is 12.6 Å². The average Bonchev–Trinajstić information content (AvgIpc) is 2.90. The van der Waals surface area contributed by atoms with E-state index < -0.39 is 0 Å². The summed E-state index contributed by atoms with van der Waals surface area (Å²) >= 11 is 0. The second-order valence-electron chi connectivity index (χ2n) is 6.37. The molecule has 3 aliphatic rings. The molecule has 7 heteroatoms. The van der Waals surface area contributed by atoms with Gasteiger partial charge < -0.3 is 15.2 Å². The number of aliphatic imine (C=N–C) groups is 1. The standard InChI is InChI=1S/C16H28N6O/c1-4-17-16(19-10-15-12(2)20-23-13(15)3)18-9-14-11-21-5-7-22(14)8-6-21/h14H,4-11H2,1-3H3,(H2,17,18,19). The Morgan fingerprint density at radius 3 is 2.61 bits per heavy atom. The van der Waals surface area contributed by atoms with Crippen LogP contribution in [-0.2, 0) is 6.54 Å². The summed E-state index contributed by atoms with van der Waals surface area (Å²) in [5.41, 5.74) is 2.00. The number of aromatic nitrogens is 1. The molecule has 3 saturated heterocycles. The highest BCUT2D eigenvalue weighted by atomic mass is 16.5. The van der Waals surface area contributed by atoms with E-state index in [4.69, 9.17) is 4.52 Å². The Hall–Kier alpha value is -1.60. The van der Waals surface area contributed by atoms with Gasteiger partial charge in [0.15, 0.2) is 5.96 Å². The molecule has 1 aromatic heterocycles. The van der Waals surface area contributed by atoms with E-state index in [-0.39, 0.29) is 0 Å². The van der Waals surface area contributed by atoms with Crippen LogP contribution in [0.25, 0.3) is 0 Å². The molecule has 2 bridgehead atoms. The molecule has 0 amide bonds.